The lowest BCUT2D eigenvalue weighted by Gasteiger charge is -2.21. The number of H-pyrrole nitrogens is 1. The second-order valence-electron chi connectivity index (χ2n) is 5.63. The molecule has 0 spiro atoms. The zero-order valence-electron chi connectivity index (χ0n) is 11.5. The number of carbonyl (C=O) groups is 1. The Balaban J connectivity index is 2.19. The summed E-state index contributed by atoms with van der Waals surface area (Å²) in [4.78, 5) is 14.3. The highest BCUT2D eigenvalue weighted by Crippen LogP contribution is 2.40. The second kappa shape index (κ2) is 5.20. The van der Waals surface area contributed by atoms with Crippen LogP contribution >= 0.6 is 0 Å². The molecule has 0 amide bonds. The molecule has 1 aliphatic carbocycles. The van der Waals surface area contributed by atoms with Gasteiger partial charge in [-0.25, -0.2) is 0 Å². The molecule has 0 radical (unpaired) electrons. The molecule has 1 aliphatic rings. The lowest BCUT2D eigenvalue weighted by atomic mass is 9.85. The van der Waals surface area contributed by atoms with Gasteiger partial charge in [-0.3, -0.25) is 4.79 Å². The minimum atomic E-state index is -4.42. The van der Waals surface area contributed by atoms with Gasteiger partial charge in [-0.15, -0.1) is 0 Å². The molecule has 2 aromatic rings. The molecule has 112 valence electrons. The number of rotatable bonds is 2. The molecular weight excluding hydrogens is 279 g/mol. The van der Waals surface area contributed by atoms with Gasteiger partial charge in [-0.05, 0) is 24.8 Å². The predicted molar refractivity (Wildman–Crippen MR) is 74.5 cm³/mol. The summed E-state index contributed by atoms with van der Waals surface area (Å²) < 4.78 is 39.3. The van der Waals surface area contributed by atoms with E-state index in [2.05, 4.69) is 4.98 Å². The van der Waals surface area contributed by atoms with E-state index in [1.165, 1.54) is 6.07 Å². The largest absolute Gasteiger partial charge is 0.418 e. The molecule has 5 heteroatoms. The van der Waals surface area contributed by atoms with E-state index in [4.69, 9.17) is 0 Å². The summed E-state index contributed by atoms with van der Waals surface area (Å²) in [7, 11) is 0. The molecule has 1 fully saturated rings. The van der Waals surface area contributed by atoms with Crippen LogP contribution in [0.1, 0.15) is 59.6 Å². The van der Waals surface area contributed by atoms with Crippen LogP contribution < -0.4 is 0 Å². The lowest BCUT2D eigenvalue weighted by Crippen LogP contribution is -2.07. The van der Waals surface area contributed by atoms with Crippen molar-refractivity contribution in [2.45, 2.75) is 44.2 Å². The fourth-order valence-corrected chi connectivity index (χ4v) is 3.33. The Morgan fingerprint density at radius 1 is 1.14 bits per heavy atom. The fraction of sp³-hybridized carbons (Fsp3) is 0.438. The first-order valence-electron chi connectivity index (χ1n) is 7.19. The van der Waals surface area contributed by atoms with E-state index in [-0.39, 0.29) is 11.4 Å². The van der Waals surface area contributed by atoms with E-state index in [0.717, 1.165) is 38.2 Å². The first-order valence-corrected chi connectivity index (χ1v) is 7.19. The zero-order valence-corrected chi connectivity index (χ0v) is 11.5. The maximum atomic E-state index is 13.1. The molecule has 0 saturated heterocycles. The Bertz CT molecular complexity index is 666. The number of carbonyl (C=O) groups excluding carboxylic acids is 1. The first-order chi connectivity index (χ1) is 10.0. The van der Waals surface area contributed by atoms with Crippen molar-refractivity contribution in [1.82, 2.24) is 4.98 Å². The third-order valence-corrected chi connectivity index (χ3v) is 4.34. The van der Waals surface area contributed by atoms with E-state index in [9.17, 15) is 18.0 Å². The van der Waals surface area contributed by atoms with Crippen molar-refractivity contribution in [2.24, 2.45) is 0 Å². The molecule has 0 aliphatic heterocycles. The van der Waals surface area contributed by atoms with Crippen LogP contribution in [0.3, 0.4) is 0 Å². The number of aromatic amines is 1. The van der Waals surface area contributed by atoms with Crippen LogP contribution in [0.5, 0.6) is 0 Å². The average molecular weight is 295 g/mol. The summed E-state index contributed by atoms with van der Waals surface area (Å²) >= 11 is 0. The summed E-state index contributed by atoms with van der Waals surface area (Å²) in [5.41, 5.74) is 0.400. The number of hydrogen-bond donors (Lipinski definition) is 1. The van der Waals surface area contributed by atoms with Gasteiger partial charge in [-0.1, -0.05) is 31.4 Å². The zero-order chi connectivity index (χ0) is 15.0. The quantitative estimate of drug-likeness (QED) is 0.773. The molecule has 0 unspecified atom stereocenters. The Labute approximate surface area is 120 Å². The Kier molecular flexibility index (Phi) is 3.51. The van der Waals surface area contributed by atoms with Gasteiger partial charge in [0.05, 0.1) is 11.1 Å². The van der Waals surface area contributed by atoms with Gasteiger partial charge in [0.25, 0.3) is 0 Å². The van der Waals surface area contributed by atoms with Gasteiger partial charge in [0.1, 0.15) is 0 Å². The van der Waals surface area contributed by atoms with E-state index in [0.29, 0.717) is 22.9 Å². The number of aromatic nitrogens is 1. The SMILES string of the molecule is O=Cc1c(C2CCCCC2)[nH]c2c(C(F)(F)F)cccc12. The molecule has 1 aromatic heterocycles. The van der Waals surface area contributed by atoms with Crippen molar-refractivity contribution >= 4 is 17.2 Å². The van der Waals surface area contributed by atoms with Gasteiger partial charge in [0, 0.05) is 16.6 Å². The number of benzene rings is 1. The summed E-state index contributed by atoms with van der Waals surface area (Å²) in [6.45, 7) is 0. The van der Waals surface area contributed by atoms with Crippen molar-refractivity contribution in [3.8, 4) is 0 Å². The monoisotopic (exact) mass is 295 g/mol. The van der Waals surface area contributed by atoms with Gasteiger partial charge < -0.3 is 4.98 Å². The van der Waals surface area contributed by atoms with Crippen LogP contribution in [-0.4, -0.2) is 11.3 Å². The van der Waals surface area contributed by atoms with Gasteiger partial charge in [-0.2, -0.15) is 13.2 Å². The Hall–Kier alpha value is -1.78. The molecule has 0 bridgehead atoms. The van der Waals surface area contributed by atoms with Crippen molar-refractivity contribution in [3.05, 3.63) is 35.0 Å². The summed E-state index contributed by atoms with van der Waals surface area (Å²) in [6, 6.07) is 3.99. The maximum absolute atomic E-state index is 13.1. The van der Waals surface area contributed by atoms with Crippen molar-refractivity contribution in [3.63, 3.8) is 0 Å². The first kappa shape index (κ1) is 14.2. The van der Waals surface area contributed by atoms with Crippen LogP contribution in [0, 0.1) is 0 Å². The summed E-state index contributed by atoms with van der Waals surface area (Å²) in [5, 5.41) is 0.375. The highest BCUT2D eigenvalue weighted by molar-refractivity contribution is 6.00. The standard InChI is InChI=1S/C16H16F3NO/c17-16(18,19)13-8-4-7-11-12(9-21)14(20-15(11)13)10-5-2-1-3-6-10/h4,7-10,20H,1-3,5-6H2. The number of alkyl halides is 3. The number of nitrogens with one attached hydrogen (secondary N) is 1. The fourth-order valence-electron chi connectivity index (χ4n) is 3.33. The highest BCUT2D eigenvalue weighted by atomic mass is 19.4. The number of para-hydroxylation sites is 1. The maximum Gasteiger partial charge on any atom is 0.418 e. The lowest BCUT2D eigenvalue weighted by molar-refractivity contribution is -0.136. The van der Waals surface area contributed by atoms with Gasteiger partial charge in [0.15, 0.2) is 6.29 Å². The second-order valence-corrected chi connectivity index (χ2v) is 5.63. The average Bonchev–Trinajstić information content (AvgIpc) is 2.85. The highest BCUT2D eigenvalue weighted by Gasteiger charge is 2.34. The van der Waals surface area contributed by atoms with E-state index < -0.39 is 11.7 Å². The summed E-state index contributed by atoms with van der Waals surface area (Å²) in [5.74, 6) is 0.160. The van der Waals surface area contributed by atoms with Crippen LogP contribution in [0.2, 0.25) is 0 Å². The van der Waals surface area contributed by atoms with Gasteiger partial charge in [0.2, 0.25) is 0 Å². The number of hydrogen-bond acceptors (Lipinski definition) is 1. The third kappa shape index (κ3) is 2.45. The Morgan fingerprint density at radius 2 is 1.86 bits per heavy atom. The van der Waals surface area contributed by atoms with Crippen molar-refractivity contribution in [1.29, 1.82) is 0 Å². The van der Waals surface area contributed by atoms with Crippen molar-refractivity contribution < 1.29 is 18.0 Å². The molecule has 21 heavy (non-hydrogen) atoms. The smallest absolute Gasteiger partial charge is 0.357 e. The molecule has 1 saturated carbocycles. The van der Waals surface area contributed by atoms with E-state index in [1.54, 1.807) is 6.07 Å². The topological polar surface area (TPSA) is 32.9 Å². The summed E-state index contributed by atoms with van der Waals surface area (Å²) in [6.07, 6.45) is 1.39. The van der Waals surface area contributed by atoms with Crippen LogP contribution in [0.4, 0.5) is 13.2 Å². The number of aldehydes is 1. The minimum Gasteiger partial charge on any atom is -0.357 e. The van der Waals surface area contributed by atoms with E-state index in [1.807, 2.05) is 0 Å². The molecule has 3 rings (SSSR count). The minimum absolute atomic E-state index is 0.0349. The van der Waals surface area contributed by atoms with E-state index >= 15 is 0 Å². The molecule has 0 atom stereocenters. The molecular formula is C16H16F3NO. The van der Waals surface area contributed by atoms with Crippen LogP contribution in [0.25, 0.3) is 10.9 Å². The molecule has 1 aromatic carbocycles. The van der Waals surface area contributed by atoms with Gasteiger partial charge >= 0.3 is 6.18 Å². The molecule has 1 N–H and O–H groups in total. The number of fused-ring (bicyclic) bond motifs is 1. The Morgan fingerprint density at radius 3 is 2.48 bits per heavy atom. The molecule has 2 nitrogen and oxygen atoms in total. The normalized spacial score (nSPS) is 17.3. The third-order valence-electron chi connectivity index (χ3n) is 4.34. The van der Waals surface area contributed by atoms with Crippen LogP contribution in [-0.2, 0) is 6.18 Å². The molecule has 1 heterocycles. The van der Waals surface area contributed by atoms with Crippen LogP contribution in [0.15, 0.2) is 18.2 Å². The van der Waals surface area contributed by atoms with Crippen molar-refractivity contribution in [2.75, 3.05) is 0 Å². The predicted octanol–water partition coefficient (Wildman–Crippen LogP) is 5.05. The number of halogens is 3.